The van der Waals surface area contributed by atoms with Crippen molar-refractivity contribution in [1.82, 2.24) is 20.3 Å². The van der Waals surface area contributed by atoms with Crippen LogP contribution in [0.3, 0.4) is 0 Å². The Balaban J connectivity index is 1.80. The van der Waals surface area contributed by atoms with E-state index in [1.807, 2.05) is 18.2 Å². The number of carbonyl (C=O) groups excluding carboxylic acids is 1. The van der Waals surface area contributed by atoms with Crippen LogP contribution in [-0.2, 0) is 11.3 Å². The highest BCUT2D eigenvalue weighted by Crippen LogP contribution is 2.19. The molecule has 0 aliphatic rings. The Morgan fingerprint density at radius 1 is 1.04 bits per heavy atom. The number of hydrogen-bond donors (Lipinski definition) is 1. The fraction of sp³-hybridized carbons (Fsp3) is 0.263. The summed E-state index contributed by atoms with van der Waals surface area (Å²) in [6.45, 7) is 5.61. The van der Waals surface area contributed by atoms with Gasteiger partial charge in [0.05, 0.1) is 23.6 Å². The Labute approximate surface area is 150 Å². The lowest BCUT2D eigenvalue weighted by Crippen LogP contribution is -2.32. The number of amides is 1. The average Bonchev–Trinajstić information content (AvgIpc) is 2.58. The van der Waals surface area contributed by atoms with Crippen molar-refractivity contribution >= 4 is 17.1 Å². The minimum atomic E-state index is -0.562. The largest absolute Gasteiger partial charge is 0.444 e. The quantitative estimate of drug-likeness (QED) is 0.723. The van der Waals surface area contributed by atoms with Gasteiger partial charge in [0.15, 0.2) is 5.65 Å². The maximum atomic E-state index is 13.3. The third-order valence-corrected chi connectivity index (χ3v) is 3.40. The molecular formula is C19H19FN4O2. The summed E-state index contributed by atoms with van der Waals surface area (Å²) in [6, 6.07) is 11.8. The highest BCUT2D eigenvalue weighted by atomic mass is 19.1. The van der Waals surface area contributed by atoms with Gasteiger partial charge >= 0.3 is 6.09 Å². The van der Waals surface area contributed by atoms with Crippen LogP contribution in [0.25, 0.3) is 22.4 Å². The molecule has 0 radical (unpaired) electrons. The van der Waals surface area contributed by atoms with Crippen molar-refractivity contribution in [2.45, 2.75) is 32.9 Å². The van der Waals surface area contributed by atoms with E-state index in [0.29, 0.717) is 22.7 Å². The minimum absolute atomic E-state index is 0.217. The third kappa shape index (κ3) is 4.50. The molecule has 0 saturated carbocycles. The molecule has 3 aromatic rings. The second-order valence-electron chi connectivity index (χ2n) is 6.75. The lowest BCUT2D eigenvalue weighted by atomic mass is 10.2. The number of fused-ring (bicyclic) bond motifs is 1. The van der Waals surface area contributed by atoms with Gasteiger partial charge in [0.2, 0.25) is 5.95 Å². The summed E-state index contributed by atoms with van der Waals surface area (Å²) < 4.78 is 18.5. The van der Waals surface area contributed by atoms with Crippen LogP contribution < -0.4 is 5.32 Å². The number of rotatable bonds is 3. The molecule has 0 aliphatic heterocycles. The second-order valence-corrected chi connectivity index (χ2v) is 6.75. The molecule has 26 heavy (non-hydrogen) atoms. The van der Waals surface area contributed by atoms with Crippen LogP contribution in [-0.4, -0.2) is 26.6 Å². The Bertz CT molecular complexity index is 954. The first kappa shape index (κ1) is 17.7. The van der Waals surface area contributed by atoms with E-state index in [-0.39, 0.29) is 6.54 Å². The molecule has 0 spiro atoms. The molecule has 1 amide bonds. The predicted octanol–water partition coefficient (Wildman–Crippen LogP) is 3.86. The monoisotopic (exact) mass is 354 g/mol. The van der Waals surface area contributed by atoms with E-state index in [4.69, 9.17) is 4.74 Å². The molecule has 134 valence electrons. The van der Waals surface area contributed by atoms with Crippen LogP contribution in [0.15, 0.2) is 42.5 Å². The molecule has 0 aromatic carbocycles. The smallest absolute Gasteiger partial charge is 0.407 e. The van der Waals surface area contributed by atoms with Gasteiger partial charge in [0.25, 0.3) is 0 Å². The zero-order valence-electron chi connectivity index (χ0n) is 14.8. The molecule has 0 unspecified atom stereocenters. The van der Waals surface area contributed by atoms with Crippen LogP contribution in [0.1, 0.15) is 26.5 Å². The summed E-state index contributed by atoms with van der Waals surface area (Å²) in [5, 5.41) is 3.50. The fourth-order valence-electron chi connectivity index (χ4n) is 2.31. The van der Waals surface area contributed by atoms with Crippen LogP contribution >= 0.6 is 0 Å². The van der Waals surface area contributed by atoms with Crippen molar-refractivity contribution in [1.29, 1.82) is 0 Å². The van der Waals surface area contributed by atoms with E-state index in [1.54, 1.807) is 39.0 Å². The van der Waals surface area contributed by atoms with Gasteiger partial charge in [-0.2, -0.15) is 4.39 Å². The minimum Gasteiger partial charge on any atom is -0.444 e. The Hall–Kier alpha value is -3.09. The maximum absolute atomic E-state index is 13.3. The number of halogens is 1. The van der Waals surface area contributed by atoms with E-state index in [9.17, 15) is 9.18 Å². The number of nitrogens with zero attached hydrogens (tertiary/aromatic N) is 3. The number of pyridine rings is 3. The normalized spacial score (nSPS) is 11.4. The highest BCUT2D eigenvalue weighted by Gasteiger charge is 2.16. The number of carbonyl (C=O) groups is 1. The zero-order valence-corrected chi connectivity index (χ0v) is 14.8. The molecule has 0 atom stereocenters. The van der Waals surface area contributed by atoms with Gasteiger partial charge in [-0.1, -0.05) is 6.07 Å². The van der Waals surface area contributed by atoms with Crippen LogP contribution in [0.2, 0.25) is 0 Å². The Kier molecular flexibility index (Phi) is 4.79. The topological polar surface area (TPSA) is 77.0 Å². The summed E-state index contributed by atoms with van der Waals surface area (Å²) >= 11 is 0. The molecule has 0 fully saturated rings. The van der Waals surface area contributed by atoms with Gasteiger partial charge < -0.3 is 10.1 Å². The Morgan fingerprint density at radius 3 is 2.50 bits per heavy atom. The molecule has 0 bridgehead atoms. The number of alkyl carbamates (subject to hydrolysis) is 1. The van der Waals surface area contributed by atoms with E-state index in [2.05, 4.69) is 20.3 Å². The van der Waals surface area contributed by atoms with Gasteiger partial charge in [0.1, 0.15) is 5.60 Å². The first-order chi connectivity index (χ1) is 12.3. The zero-order chi connectivity index (χ0) is 18.7. The number of ether oxygens (including phenoxy) is 1. The van der Waals surface area contributed by atoms with Crippen molar-refractivity contribution in [3.8, 4) is 11.4 Å². The SMILES string of the molecule is CC(C)(C)OC(=O)NCc1ccc2ccc(-c3cccc(F)n3)nc2n1. The molecule has 0 aliphatic carbocycles. The van der Waals surface area contributed by atoms with Gasteiger partial charge in [0, 0.05) is 5.39 Å². The molecule has 3 rings (SSSR count). The summed E-state index contributed by atoms with van der Waals surface area (Å²) in [5.74, 6) is -0.562. The molecular weight excluding hydrogens is 335 g/mol. The summed E-state index contributed by atoms with van der Waals surface area (Å²) in [5.41, 5.74) is 1.54. The molecule has 6 nitrogen and oxygen atoms in total. The summed E-state index contributed by atoms with van der Waals surface area (Å²) in [6.07, 6.45) is -0.509. The van der Waals surface area contributed by atoms with E-state index < -0.39 is 17.6 Å². The Morgan fingerprint density at radius 2 is 1.77 bits per heavy atom. The van der Waals surface area contributed by atoms with Gasteiger partial charge in [-0.3, -0.25) is 0 Å². The first-order valence-corrected chi connectivity index (χ1v) is 8.17. The maximum Gasteiger partial charge on any atom is 0.407 e. The standard InChI is InChI=1S/C19H19FN4O2/c1-19(2,3)26-18(25)21-11-13-9-7-12-8-10-15(24-17(12)22-13)14-5-4-6-16(20)23-14/h4-10H,11H2,1-3H3,(H,21,25). The molecule has 3 aromatic heterocycles. The molecule has 0 saturated heterocycles. The van der Waals surface area contributed by atoms with Crippen molar-refractivity contribution < 1.29 is 13.9 Å². The van der Waals surface area contributed by atoms with Crippen molar-refractivity contribution in [2.75, 3.05) is 0 Å². The number of nitrogens with one attached hydrogen (secondary N) is 1. The number of hydrogen-bond acceptors (Lipinski definition) is 5. The molecule has 1 N–H and O–H groups in total. The van der Waals surface area contributed by atoms with E-state index in [1.165, 1.54) is 6.07 Å². The van der Waals surface area contributed by atoms with Gasteiger partial charge in [-0.05, 0) is 57.2 Å². The van der Waals surface area contributed by atoms with Crippen LogP contribution in [0, 0.1) is 5.95 Å². The lowest BCUT2D eigenvalue weighted by molar-refractivity contribution is 0.0523. The van der Waals surface area contributed by atoms with Crippen molar-refractivity contribution in [3.05, 3.63) is 54.1 Å². The van der Waals surface area contributed by atoms with E-state index >= 15 is 0 Å². The molecule has 7 heteroatoms. The third-order valence-electron chi connectivity index (χ3n) is 3.40. The fourth-order valence-corrected chi connectivity index (χ4v) is 2.31. The summed E-state index contributed by atoms with van der Waals surface area (Å²) in [4.78, 5) is 24.5. The van der Waals surface area contributed by atoms with Crippen molar-refractivity contribution in [2.24, 2.45) is 0 Å². The summed E-state index contributed by atoms with van der Waals surface area (Å²) in [7, 11) is 0. The van der Waals surface area contributed by atoms with E-state index in [0.717, 1.165) is 5.39 Å². The van der Waals surface area contributed by atoms with Gasteiger partial charge in [-0.25, -0.2) is 19.7 Å². The van der Waals surface area contributed by atoms with Crippen LogP contribution in [0.4, 0.5) is 9.18 Å². The average molecular weight is 354 g/mol. The highest BCUT2D eigenvalue weighted by molar-refractivity contribution is 5.78. The van der Waals surface area contributed by atoms with Crippen LogP contribution in [0.5, 0.6) is 0 Å². The van der Waals surface area contributed by atoms with Crippen molar-refractivity contribution in [3.63, 3.8) is 0 Å². The lowest BCUT2D eigenvalue weighted by Gasteiger charge is -2.19. The second kappa shape index (κ2) is 7.03. The number of aromatic nitrogens is 3. The first-order valence-electron chi connectivity index (χ1n) is 8.17. The molecule has 3 heterocycles. The van der Waals surface area contributed by atoms with Gasteiger partial charge in [-0.15, -0.1) is 0 Å². The predicted molar refractivity (Wildman–Crippen MR) is 95.8 cm³/mol.